The molecule has 2 aromatic rings. The second kappa shape index (κ2) is 8.69. The molecule has 4 nitrogen and oxygen atoms in total. The van der Waals surface area contributed by atoms with Gasteiger partial charge in [-0.2, -0.15) is 13.2 Å². The molecule has 0 bridgehead atoms. The largest absolute Gasteiger partial charge is 0.416 e. The Morgan fingerprint density at radius 3 is 2.50 bits per heavy atom. The number of hydrogen-bond acceptors (Lipinski definition) is 3. The first kappa shape index (κ1) is 22.8. The van der Waals surface area contributed by atoms with Gasteiger partial charge in [0.05, 0.1) is 27.8 Å². The molecule has 0 saturated heterocycles. The van der Waals surface area contributed by atoms with Gasteiger partial charge in [-0.3, -0.25) is 4.79 Å². The van der Waals surface area contributed by atoms with Crippen LogP contribution in [0.2, 0.25) is 10.2 Å². The van der Waals surface area contributed by atoms with E-state index >= 15 is 0 Å². The minimum atomic E-state index is -4.66. The Labute approximate surface area is 180 Å². The van der Waals surface area contributed by atoms with Gasteiger partial charge in [0.15, 0.2) is 0 Å². The third kappa shape index (κ3) is 4.87. The van der Waals surface area contributed by atoms with E-state index in [1.54, 1.807) is 6.07 Å². The molecule has 1 aliphatic rings. The molecule has 2 N–H and O–H groups in total. The van der Waals surface area contributed by atoms with Crippen molar-refractivity contribution in [2.75, 3.05) is 0 Å². The lowest BCUT2D eigenvalue weighted by Crippen LogP contribution is -2.48. The monoisotopic (exact) mass is 464 g/mol. The van der Waals surface area contributed by atoms with Crippen LogP contribution in [0.4, 0.5) is 17.6 Å². The van der Waals surface area contributed by atoms with E-state index < -0.39 is 41.0 Å². The Bertz CT molecular complexity index is 931. The number of aliphatic hydroxyl groups is 1. The summed E-state index contributed by atoms with van der Waals surface area (Å²) in [6, 6.07) is 4.35. The molecular weight excluding hydrogens is 447 g/mol. The Morgan fingerprint density at radius 2 is 1.90 bits per heavy atom. The Morgan fingerprint density at radius 1 is 1.23 bits per heavy atom. The molecule has 1 amide bonds. The first-order chi connectivity index (χ1) is 14.0. The van der Waals surface area contributed by atoms with Gasteiger partial charge in [0.1, 0.15) is 11.3 Å². The van der Waals surface area contributed by atoms with E-state index in [4.69, 9.17) is 23.2 Å². The predicted molar refractivity (Wildman–Crippen MR) is 104 cm³/mol. The van der Waals surface area contributed by atoms with E-state index in [1.807, 2.05) is 0 Å². The number of alkyl halides is 4. The molecule has 30 heavy (non-hydrogen) atoms. The topological polar surface area (TPSA) is 62.2 Å². The minimum Gasteiger partial charge on any atom is -0.387 e. The van der Waals surface area contributed by atoms with Gasteiger partial charge in [-0.15, -0.1) is 0 Å². The fourth-order valence-corrected chi connectivity index (χ4v) is 4.00. The molecule has 1 heterocycles. The van der Waals surface area contributed by atoms with Gasteiger partial charge in [0.2, 0.25) is 0 Å². The van der Waals surface area contributed by atoms with Gasteiger partial charge in [0, 0.05) is 11.8 Å². The number of pyridine rings is 1. The number of carbonyl (C=O) groups is 1. The number of nitrogens with one attached hydrogen (secondary N) is 1. The molecule has 162 valence electrons. The zero-order chi connectivity index (χ0) is 22.1. The van der Waals surface area contributed by atoms with Crippen molar-refractivity contribution in [3.05, 3.63) is 63.4 Å². The van der Waals surface area contributed by atoms with Gasteiger partial charge in [-0.1, -0.05) is 29.3 Å². The molecule has 1 fully saturated rings. The number of nitrogens with zero attached hydrogens (tertiary/aromatic N) is 1. The predicted octanol–water partition coefficient (Wildman–Crippen LogP) is 5.52. The fraction of sp³-hybridized carbons (Fsp3) is 0.400. The van der Waals surface area contributed by atoms with E-state index in [9.17, 15) is 27.5 Å². The Kier molecular flexibility index (Phi) is 6.60. The molecule has 1 unspecified atom stereocenters. The Hall–Kier alpha value is -1.90. The normalized spacial score (nSPS) is 23.1. The van der Waals surface area contributed by atoms with E-state index in [0.29, 0.717) is 6.07 Å². The van der Waals surface area contributed by atoms with Gasteiger partial charge >= 0.3 is 6.18 Å². The first-order valence-corrected chi connectivity index (χ1v) is 9.91. The van der Waals surface area contributed by atoms with E-state index in [-0.39, 0.29) is 41.4 Å². The molecule has 10 heteroatoms. The fourth-order valence-electron chi connectivity index (χ4n) is 3.57. The highest BCUT2D eigenvalue weighted by Crippen LogP contribution is 2.41. The highest BCUT2D eigenvalue weighted by atomic mass is 35.5. The summed E-state index contributed by atoms with van der Waals surface area (Å²) < 4.78 is 52.8. The van der Waals surface area contributed by atoms with Gasteiger partial charge in [0.25, 0.3) is 5.91 Å². The maximum absolute atomic E-state index is 13.6. The van der Waals surface area contributed by atoms with Gasteiger partial charge in [-0.25, -0.2) is 9.37 Å². The molecule has 1 aromatic heterocycles. The van der Waals surface area contributed by atoms with Crippen LogP contribution in [-0.4, -0.2) is 27.8 Å². The average Bonchev–Trinajstić information content (AvgIpc) is 2.68. The summed E-state index contributed by atoms with van der Waals surface area (Å²) in [7, 11) is 0. The SMILES string of the molecule is O=C(NC(c1cccnc1Cl)C1(O)CCC(F)CC1)c1cc(C(F)(F)F)ccc1Cl. The van der Waals surface area contributed by atoms with Crippen molar-refractivity contribution < 1.29 is 27.5 Å². The van der Waals surface area contributed by atoms with Crippen LogP contribution in [-0.2, 0) is 6.18 Å². The number of hydrogen-bond donors (Lipinski definition) is 2. The number of carbonyl (C=O) groups excluding carboxylic acids is 1. The third-order valence-electron chi connectivity index (χ3n) is 5.23. The second-order valence-corrected chi connectivity index (χ2v) is 8.03. The summed E-state index contributed by atoms with van der Waals surface area (Å²) in [6.07, 6.45) is -4.12. The summed E-state index contributed by atoms with van der Waals surface area (Å²) in [5.41, 5.74) is -2.72. The number of benzene rings is 1. The highest BCUT2D eigenvalue weighted by molar-refractivity contribution is 6.34. The minimum absolute atomic E-state index is 0.00809. The maximum Gasteiger partial charge on any atom is 0.416 e. The molecular formula is C20H18Cl2F4N2O2. The van der Waals surface area contributed by atoms with Crippen molar-refractivity contribution in [2.45, 2.75) is 49.7 Å². The molecule has 1 aliphatic carbocycles. The van der Waals surface area contributed by atoms with E-state index in [2.05, 4.69) is 10.3 Å². The van der Waals surface area contributed by atoms with Crippen molar-refractivity contribution in [1.82, 2.24) is 10.3 Å². The standard InChI is InChI=1S/C20H18Cl2F4N2O2/c21-15-4-3-11(20(24,25)26)10-14(15)18(29)28-16(13-2-1-9-27-17(13)22)19(30)7-5-12(23)6-8-19/h1-4,9-10,12,16,30H,5-8H2,(H,28,29). The van der Waals surface area contributed by atoms with Crippen molar-refractivity contribution in [1.29, 1.82) is 0 Å². The van der Waals surface area contributed by atoms with E-state index in [0.717, 1.165) is 12.1 Å². The number of amides is 1. The molecule has 3 rings (SSSR count). The lowest BCUT2D eigenvalue weighted by Gasteiger charge is -2.40. The van der Waals surface area contributed by atoms with Crippen molar-refractivity contribution in [3.63, 3.8) is 0 Å². The summed E-state index contributed by atoms with van der Waals surface area (Å²) in [5.74, 6) is -0.924. The van der Waals surface area contributed by atoms with Crippen LogP contribution in [0.5, 0.6) is 0 Å². The quantitative estimate of drug-likeness (QED) is 0.462. The van der Waals surface area contributed by atoms with Crippen LogP contribution < -0.4 is 5.32 Å². The summed E-state index contributed by atoms with van der Waals surface area (Å²) >= 11 is 12.1. The zero-order valence-electron chi connectivity index (χ0n) is 15.5. The molecule has 1 saturated carbocycles. The molecule has 1 atom stereocenters. The van der Waals surface area contributed by atoms with Gasteiger partial charge in [-0.05, 0) is 49.9 Å². The summed E-state index contributed by atoms with van der Waals surface area (Å²) in [4.78, 5) is 16.8. The second-order valence-electron chi connectivity index (χ2n) is 7.26. The number of halogens is 6. The van der Waals surface area contributed by atoms with Crippen LogP contribution in [0.1, 0.15) is 53.2 Å². The van der Waals surface area contributed by atoms with Crippen molar-refractivity contribution >= 4 is 29.1 Å². The first-order valence-electron chi connectivity index (χ1n) is 9.16. The van der Waals surface area contributed by atoms with Crippen LogP contribution in [0.3, 0.4) is 0 Å². The lowest BCUT2D eigenvalue weighted by atomic mass is 9.76. The van der Waals surface area contributed by atoms with Crippen molar-refractivity contribution in [3.8, 4) is 0 Å². The number of rotatable bonds is 4. The van der Waals surface area contributed by atoms with Crippen LogP contribution >= 0.6 is 23.2 Å². The smallest absolute Gasteiger partial charge is 0.387 e. The third-order valence-corrected chi connectivity index (χ3v) is 5.88. The lowest BCUT2D eigenvalue weighted by molar-refractivity contribution is -0.137. The van der Waals surface area contributed by atoms with Crippen LogP contribution in [0, 0.1) is 0 Å². The van der Waals surface area contributed by atoms with E-state index in [1.165, 1.54) is 12.3 Å². The molecule has 1 aromatic carbocycles. The van der Waals surface area contributed by atoms with Gasteiger partial charge < -0.3 is 10.4 Å². The summed E-state index contributed by atoms with van der Waals surface area (Å²) in [5, 5.41) is 13.6. The molecule has 0 spiro atoms. The molecule has 0 radical (unpaired) electrons. The molecule has 0 aliphatic heterocycles. The number of aromatic nitrogens is 1. The van der Waals surface area contributed by atoms with Crippen LogP contribution in [0.15, 0.2) is 36.5 Å². The Balaban J connectivity index is 1.98. The summed E-state index contributed by atoms with van der Waals surface area (Å²) in [6.45, 7) is 0. The zero-order valence-corrected chi connectivity index (χ0v) is 17.0. The van der Waals surface area contributed by atoms with Crippen molar-refractivity contribution in [2.24, 2.45) is 0 Å². The average molecular weight is 465 g/mol. The van der Waals surface area contributed by atoms with Crippen LogP contribution in [0.25, 0.3) is 0 Å². The highest BCUT2D eigenvalue weighted by Gasteiger charge is 2.43. The maximum atomic E-state index is 13.6.